The lowest BCUT2D eigenvalue weighted by Gasteiger charge is -2.20. The summed E-state index contributed by atoms with van der Waals surface area (Å²) >= 11 is 3.94. The van der Waals surface area contributed by atoms with Gasteiger partial charge in [-0.05, 0) is 31.5 Å². The van der Waals surface area contributed by atoms with Crippen molar-refractivity contribution in [3.05, 3.63) is 29.6 Å². The van der Waals surface area contributed by atoms with Gasteiger partial charge in [-0.1, -0.05) is 0 Å². The lowest BCUT2D eigenvalue weighted by Crippen LogP contribution is -2.32. The van der Waals surface area contributed by atoms with Gasteiger partial charge in [-0.2, -0.15) is 0 Å². The van der Waals surface area contributed by atoms with Crippen LogP contribution in [-0.4, -0.2) is 35.6 Å². The highest BCUT2D eigenvalue weighted by molar-refractivity contribution is 7.80. The normalized spacial score (nSPS) is 10.4. The molecule has 0 unspecified atom stereocenters. The van der Waals surface area contributed by atoms with Crippen LogP contribution in [0.15, 0.2) is 23.1 Å². The van der Waals surface area contributed by atoms with E-state index in [9.17, 15) is 9.18 Å². The fourth-order valence-electron chi connectivity index (χ4n) is 1.49. The highest BCUT2D eigenvalue weighted by Gasteiger charge is 2.14. The van der Waals surface area contributed by atoms with Crippen molar-refractivity contribution in [2.24, 2.45) is 0 Å². The second kappa shape index (κ2) is 6.61. The smallest absolute Gasteiger partial charge is 0.253 e. The van der Waals surface area contributed by atoms with E-state index in [0.717, 1.165) is 0 Å². The molecule has 0 spiro atoms. The van der Waals surface area contributed by atoms with Gasteiger partial charge in [-0.3, -0.25) is 4.79 Å². The number of hydrogen-bond donors (Lipinski definition) is 2. The van der Waals surface area contributed by atoms with Crippen molar-refractivity contribution in [1.29, 1.82) is 0 Å². The lowest BCUT2D eigenvalue weighted by atomic mass is 10.2. The van der Waals surface area contributed by atoms with Gasteiger partial charge in [-0.15, -0.1) is 12.6 Å². The van der Waals surface area contributed by atoms with E-state index < -0.39 is 5.82 Å². The third-order valence-electron chi connectivity index (χ3n) is 2.45. The van der Waals surface area contributed by atoms with E-state index in [0.29, 0.717) is 25.1 Å². The SMILES string of the molecule is CCN(CCCO)C(=O)c1ccc(F)c(S)c1. The maximum absolute atomic E-state index is 13.0. The van der Waals surface area contributed by atoms with Crippen LogP contribution >= 0.6 is 12.6 Å². The molecule has 0 aromatic heterocycles. The number of hydrogen-bond acceptors (Lipinski definition) is 3. The van der Waals surface area contributed by atoms with E-state index in [1.165, 1.54) is 18.2 Å². The molecule has 0 aliphatic rings. The molecule has 0 saturated carbocycles. The number of amides is 1. The minimum Gasteiger partial charge on any atom is -0.396 e. The number of thiol groups is 1. The summed E-state index contributed by atoms with van der Waals surface area (Å²) < 4.78 is 13.0. The van der Waals surface area contributed by atoms with Crippen molar-refractivity contribution in [2.45, 2.75) is 18.2 Å². The molecule has 0 heterocycles. The van der Waals surface area contributed by atoms with Gasteiger partial charge in [0.2, 0.25) is 0 Å². The molecule has 1 aromatic carbocycles. The largest absolute Gasteiger partial charge is 0.396 e. The first-order valence-corrected chi connectivity index (χ1v) is 5.93. The Kier molecular flexibility index (Phi) is 5.44. The standard InChI is InChI=1S/C12H16FNO2S/c1-2-14(6-3-7-15)12(16)9-4-5-10(13)11(17)8-9/h4-5,8,15,17H,2-3,6-7H2,1H3. The Morgan fingerprint density at radius 3 is 2.76 bits per heavy atom. The maximum atomic E-state index is 13.0. The van der Waals surface area contributed by atoms with Crippen molar-refractivity contribution in [2.75, 3.05) is 19.7 Å². The van der Waals surface area contributed by atoms with Gasteiger partial charge in [0.15, 0.2) is 0 Å². The first-order valence-electron chi connectivity index (χ1n) is 5.48. The summed E-state index contributed by atoms with van der Waals surface area (Å²) in [4.78, 5) is 13.8. The molecule has 0 atom stereocenters. The first kappa shape index (κ1) is 14.0. The van der Waals surface area contributed by atoms with E-state index in [1.807, 2.05) is 6.92 Å². The molecule has 3 nitrogen and oxygen atoms in total. The highest BCUT2D eigenvalue weighted by atomic mass is 32.1. The monoisotopic (exact) mass is 257 g/mol. The average Bonchev–Trinajstić information content (AvgIpc) is 2.33. The molecular formula is C12H16FNO2S. The van der Waals surface area contributed by atoms with Crippen LogP contribution in [0.25, 0.3) is 0 Å². The van der Waals surface area contributed by atoms with Crippen LogP contribution < -0.4 is 0 Å². The maximum Gasteiger partial charge on any atom is 0.253 e. The van der Waals surface area contributed by atoms with Gasteiger partial charge >= 0.3 is 0 Å². The Hall–Kier alpha value is -1.07. The zero-order valence-electron chi connectivity index (χ0n) is 9.69. The number of carbonyl (C=O) groups is 1. The van der Waals surface area contributed by atoms with E-state index in [1.54, 1.807) is 4.90 Å². The van der Waals surface area contributed by atoms with Crippen molar-refractivity contribution >= 4 is 18.5 Å². The van der Waals surface area contributed by atoms with Crippen molar-refractivity contribution < 1.29 is 14.3 Å². The van der Waals surface area contributed by atoms with Gasteiger partial charge < -0.3 is 10.0 Å². The summed E-state index contributed by atoms with van der Waals surface area (Å²) in [6.45, 7) is 2.95. The molecular weight excluding hydrogens is 241 g/mol. The molecule has 1 aromatic rings. The average molecular weight is 257 g/mol. The summed E-state index contributed by atoms with van der Waals surface area (Å²) in [5, 5.41) is 8.74. The van der Waals surface area contributed by atoms with Crippen LogP contribution in [0.1, 0.15) is 23.7 Å². The molecule has 94 valence electrons. The van der Waals surface area contributed by atoms with Crippen LogP contribution in [0, 0.1) is 5.82 Å². The number of nitrogens with zero attached hydrogens (tertiary/aromatic N) is 1. The number of benzene rings is 1. The quantitative estimate of drug-likeness (QED) is 0.792. The molecule has 0 fully saturated rings. The second-order valence-corrected chi connectivity index (χ2v) is 4.11. The predicted molar refractivity (Wildman–Crippen MR) is 66.9 cm³/mol. The van der Waals surface area contributed by atoms with Gasteiger partial charge in [-0.25, -0.2) is 4.39 Å². The van der Waals surface area contributed by atoms with Gasteiger partial charge in [0.1, 0.15) is 5.82 Å². The number of carbonyl (C=O) groups excluding carboxylic acids is 1. The molecule has 17 heavy (non-hydrogen) atoms. The predicted octanol–water partition coefficient (Wildman–Crippen LogP) is 1.96. The Labute approximate surface area is 106 Å². The fraction of sp³-hybridized carbons (Fsp3) is 0.417. The molecule has 1 amide bonds. The lowest BCUT2D eigenvalue weighted by molar-refractivity contribution is 0.0754. The first-order chi connectivity index (χ1) is 8.10. The van der Waals surface area contributed by atoms with Crippen LogP contribution in [0.4, 0.5) is 4.39 Å². The zero-order valence-corrected chi connectivity index (χ0v) is 10.6. The third kappa shape index (κ3) is 3.71. The minimum atomic E-state index is -0.441. The van der Waals surface area contributed by atoms with Crippen molar-refractivity contribution in [3.63, 3.8) is 0 Å². The van der Waals surface area contributed by atoms with Crippen molar-refractivity contribution in [3.8, 4) is 0 Å². The third-order valence-corrected chi connectivity index (χ3v) is 2.79. The highest BCUT2D eigenvalue weighted by Crippen LogP contribution is 2.15. The summed E-state index contributed by atoms with van der Waals surface area (Å²) in [6.07, 6.45) is 0.536. The summed E-state index contributed by atoms with van der Waals surface area (Å²) in [6, 6.07) is 4.09. The number of halogens is 1. The van der Waals surface area contributed by atoms with E-state index in [4.69, 9.17) is 5.11 Å². The van der Waals surface area contributed by atoms with Gasteiger partial charge in [0, 0.05) is 30.2 Å². The number of aliphatic hydroxyl groups is 1. The van der Waals surface area contributed by atoms with Crippen LogP contribution in [-0.2, 0) is 0 Å². The van der Waals surface area contributed by atoms with Crippen molar-refractivity contribution in [1.82, 2.24) is 4.90 Å². The van der Waals surface area contributed by atoms with E-state index in [-0.39, 0.29) is 17.4 Å². The molecule has 0 aliphatic carbocycles. The van der Waals surface area contributed by atoms with Gasteiger partial charge in [0.05, 0.1) is 0 Å². The molecule has 1 N–H and O–H groups in total. The molecule has 1 rings (SSSR count). The minimum absolute atomic E-state index is 0.0466. The van der Waals surface area contributed by atoms with Crippen LogP contribution in [0.2, 0.25) is 0 Å². The zero-order chi connectivity index (χ0) is 12.8. The Morgan fingerprint density at radius 2 is 2.24 bits per heavy atom. The fourth-order valence-corrected chi connectivity index (χ4v) is 1.71. The van der Waals surface area contributed by atoms with E-state index in [2.05, 4.69) is 12.6 Å². The topological polar surface area (TPSA) is 40.5 Å². The van der Waals surface area contributed by atoms with Gasteiger partial charge in [0.25, 0.3) is 5.91 Å². The summed E-state index contributed by atoms with van der Waals surface area (Å²) in [5.74, 6) is -0.612. The summed E-state index contributed by atoms with van der Waals surface area (Å²) in [5.41, 5.74) is 0.413. The number of aliphatic hydroxyl groups excluding tert-OH is 1. The Morgan fingerprint density at radius 1 is 1.53 bits per heavy atom. The second-order valence-electron chi connectivity index (χ2n) is 3.63. The number of rotatable bonds is 5. The molecule has 0 aliphatic heterocycles. The summed E-state index contributed by atoms with van der Waals surface area (Å²) in [7, 11) is 0. The van der Waals surface area contributed by atoms with Crippen LogP contribution in [0.5, 0.6) is 0 Å². The molecule has 0 radical (unpaired) electrons. The molecule has 0 bridgehead atoms. The van der Waals surface area contributed by atoms with Crippen LogP contribution in [0.3, 0.4) is 0 Å². The Bertz CT molecular complexity index is 398. The Balaban J connectivity index is 2.82. The van der Waals surface area contributed by atoms with E-state index >= 15 is 0 Å². The molecule has 0 saturated heterocycles. The molecule has 5 heteroatoms.